The van der Waals surface area contributed by atoms with Gasteiger partial charge >= 0.3 is 0 Å². The molecule has 2 amide bonds. The molecule has 1 aliphatic rings. The summed E-state index contributed by atoms with van der Waals surface area (Å²) in [7, 11) is 0. The standard InChI is InChI=1S/C15H18ClFN2O2/c16-11-6-3-7-12(14(11)17)19-13(20)8-9-18-15(21)10-4-1-2-5-10/h3,6-7,10H,1-2,4-5,8-9H2,(H,18,21)(H,19,20). The Morgan fingerprint density at radius 1 is 1.29 bits per heavy atom. The van der Waals surface area contributed by atoms with Crippen LogP contribution in [0.25, 0.3) is 0 Å². The molecule has 1 aromatic rings. The number of benzene rings is 1. The Morgan fingerprint density at radius 3 is 2.71 bits per heavy atom. The van der Waals surface area contributed by atoms with Crippen molar-refractivity contribution in [3.63, 3.8) is 0 Å². The van der Waals surface area contributed by atoms with Crippen LogP contribution >= 0.6 is 11.6 Å². The van der Waals surface area contributed by atoms with Crippen LogP contribution in [0.1, 0.15) is 32.1 Å². The van der Waals surface area contributed by atoms with Gasteiger partial charge in [-0.25, -0.2) is 4.39 Å². The molecular formula is C15H18ClFN2O2. The van der Waals surface area contributed by atoms with Crippen LogP contribution in [0.3, 0.4) is 0 Å². The van der Waals surface area contributed by atoms with E-state index in [9.17, 15) is 14.0 Å². The number of nitrogens with one attached hydrogen (secondary N) is 2. The maximum absolute atomic E-state index is 13.6. The molecule has 0 atom stereocenters. The average Bonchev–Trinajstić information content (AvgIpc) is 2.98. The molecule has 2 rings (SSSR count). The van der Waals surface area contributed by atoms with Crippen LogP contribution in [0, 0.1) is 11.7 Å². The molecule has 0 aliphatic heterocycles. The van der Waals surface area contributed by atoms with Crippen LogP contribution in [0.15, 0.2) is 18.2 Å². The molecule has 1 aromatic carbocycles. The molecule has 0 bridgehead atoms. The zero-order chi connectivity index (χ0) is 15.2. The van der Waals surface area contributed by atoms with Crippen molar-refractivity contribution < 1.29 is 14.0 Å². The number of hydrogen-bond acceptors (Lipinski definition) is 2. The summed E-state index contributed by atoms with van der Waals surface area (Å²) < 4.78 is 13.6. The fraction of sp³-hybridized carbons (Fsp3) is 0.467. The SMILES string of the molecule is O=C(CCNC(=O)C1CCCC1)Nc1cccc(Cl)c1F. The minimum atomic E-state index is -0.650. The van der Waals surface area contributed by atoms with Gasteiger partial charge < -0.3 is 10.6 Å². The van der Waals surface area contributed by atoms with Crippen LogP contribution in [0.5, 0.6) is 0 Å². The molecule has 0 heterocycles. The quantitative estimate of drug-likeness (QED) is 0.877. The first kappa shape index (κ1) is 15.8. The minimum absolute atomic E-state index is 0.00855. The van der Waals surface area contributed by atoms with Crippen molar-refractivity contribution in [2.45, 2.75) is 32.1 Å². The summed E-state index contributed by atoms with van der Waals surface area (Å²) in [5, 5.41) is 5.15. The fourth-order valence-electron chi connectivity index (χ4n) is 2.44. The highest BCUT2D eigenvalue weighted by molar-refractivity contribution is 6.31. The van der Waals surface area contributed by atoms with E-state index in [4.69, 9.17) is 11.6 Å². The maximum Gasteiger partial charge on any atom is 0.226 e. The van der Waals surface area contributed by atoms with Gasteiger partial charge in [0.05, 0.1) is 10.7 Å². The lowest BCUT2D eigenvalue weighted by molar-refractivity contribution is -0.124. The maximum atomic E-state index is 13.6. The number of carbonyl (C=O) groups excluding carboxylic acids is 2. The van der Waals surface area contributed by atoms with E-state index in [-0.39, 0.29) is 41.4 Å². The average molecular weight is 313 g/mol. The normalized spacial score (nSPS) is 15.0. The predicted octanol–water partition coefficient (Wildman–Crippen LogP) is 3.11. The summed E-state index contributed by atoms with van der Waals surface area (Å²) in [5.74, 6) is -0.918. The Labute approximate surface area is 128 Å². The Kier molecular flexibility index (Phi) is 5.56. The first-order chi connectivity index (χ1) is 10.1. The minimum Gasteiger partial charge on any atom is -0.355 e. The number of rotatable bonds is 5. The summed E-state index contributed by atoms with van der Waals surface area (Å²) in [6.45, 7) is 0.253. The molecule has 1 saturated carbocycles. The van der Waals surface area contributed by atoms with E-state index in [0.717, 1.165) is 25.7 Å². The Morgan fingerprint density at radius 2 is 2.00 bits per heavy atom. The molecule has 2 N–H and O–H groups in total. The second-order valence-corrected chi connectivity index (χ2v) is 5.58. The zero-order valence-electron chi connectivity index (χ0n) is 11.6. The smallest absolute Gasteiger partial charge is 0.226 e. The van der Waals surface area contributed by atoms with E-state index in [1.54, 1.807) is 6.07 Å². The summed E-state index contributed by atoms with van der Waals surface area (Å²) in [4.78, 5) is 23.5. The van der Waals surface area contributed by atoms with E-state index in [0.29, 0.717) is 0 Å². The van der Waals surface area contributed by atoms with E-state index in [2.05, 4.69) is 10.6 Å². The largest absolute Gasteiger partial charge is 0.355 e. The molecule has 1 fully saturated rings. The highest BCUT2D eigenvalue weighted by atomic mass is 35.5. The van der Waals surface area contributed by atoms with Gasteiger partial charge in [0.15, 0.2) is 5.82 Å². The molecule has 0 saturated heterocycles. The van der Waals surface area contributed by atoms with Crippen LogP contribution in [0.2, 0.25) is 5.02 Å². The van der Waals surface area contributed by atoms with Crippen molar-refractivity contribution in [3.05, 3.63) is 29.0 Å². The highest BCUT2D eigenvalue weighted by Gasteiger charge is 2.22. The fourth-order valence-corrected chi connectivity index (χ4v) is 2.62. The Bertz CT molecular complexity index is 530. The first-order valence-electron chi connectivity index (χ1n) is 7.09. The van der Waals surface area contributed by atoms with E-state index in [1.165, 1.54) is 12.1 Å². The van der Waals surface area contributed by atoms with Gasteiger partial charge in [-0.2, -0.15) is 0 Å². The van der Waals surface area contributed by atoms with Crippen molar-refractivity contribution in [2.75, 3.05) is 11.9 Å². The number of hydrogen-bond donors (Lipinski definition) is 2. The lowest BCUT2D eigenvalue weighted by Gasteiger charge is -2.10. The number of halogens is 2. The van der Waals surface area contributed by atoms with Crippen molar-refractivity contribution >= 4 is 29.1 Å². The molecule has 6 heteroatoms. The third-order valence-electron chi connectivity index (χ3n) is 3.60. The van der Waals surface area contributed by atoms with E-state index < -0.39 is 5.82 Å². The third kappa shape index (κ3) is 4.43. The second kappa shape index (κ2) is 7.41. The highest BCUT2D eigenvalue weighted by Crippen LogP contribution is 2.24. The summed E-state index contributed by atoms with van der Waals surface area (Å²) in [5.41, 5.74) is 0.0506. The molecule has 0 spiro atoms. The third-order valence-corrected chi connectivity index (χ3v) is 3.89. The van der Waals surface area contributed by atoms with Crippen LogP contribution in [-0.2, 0) is 9.59 Å². The molecule has 1 aliphatic carbocycles. The van der Waals surface area contributed by atoms with Gasteiger partial charge in [-0.15, -0.1) is 0 Å². The van der Waals surface area contributed by atoms with Crippen molar-refractivity contribution in [2.24, 2.45) is 5.92 Å². The number of anilines is 1. The monoisotopic (exact) mass is 312 g/mol. The first-order valence-corrected chi connectivity index (χ1v) is 7.47. The summed E-state index contributed by atoms with van der Waals surface area (Å²) in [6, 6.07) is 4.41. The van der Waals surface area contributed by atoms with E-state index in [1.807, 2.05) is 0 Å². The van der Waals surface area contributed by atoms with Gasteiger partial charge in [0.1, 0.15) is 0 Å². The zero-order valence-corrected chi connectivity index (χ0v) is 12.4. The van der Waals surface area contributed by atoms with Crippen LogP contribution in [0.4, 0.5) is 10.1 Å². The lowest BCUT2D eigenvalue weighted by atomic mass is 10.1. The summed E-state index contributed by atoms with van der Waals surface area (Å²) in [6.07, 6.45) is 4.13. The Balaban J connectivity index is 1.74. The van der Waals surface area contributed by atoms with Gasteiger partial charge in [0.25, 0.3) is 0 Å². The molecule has 114 valence electrons. The summed E-state index contributed by atoms with van der Waals surface area (Å²) >= 11 is 5.63. The molecule has 4 nitrogen and oxygen atoms in total. The molecular weight excluding hydrogens is 295 g/mol. The Hall–Kier alpha value is -1.62. The molecule has 21 heavy (non-hydrogen) atoms. The van der Waals surface area contributed by atoms with Crippen molar-refractivity contribution in [1.82, 2.24) is 5.32 Å². The van der Waals surface area contributed by atoms with Gasteiger partial charge in [-0.05, 0) is 25.0 Å². The van der Waals surface area contributed by atoms with Gasteiger partial charge in [0.2, 0.25) is 11.8 Å². The van der Waals surface area contributed by atoms with Crippen LogP contribution in [-0.4, -0.2) is 18.4 Å². The van der Waals surface area contributed by atoms with Crippen molar-refractivity contribution in [1.29, 1.82) is 0 Å². The van der Waals surface area contributed by atoms with Crippen molar-refractivity contribution in [3.8, 4) is 0 Å². The predicted molar refractivity (Wildman–Crippen MR) is 79.6 cm³/mol. The molecule has 0 unspecified atom stereocenters. The van der Waals surface area contributed by atoms with Gasteiger partial charge in [-0.1, -0.05) is 30.5 Å². The van der Waals surface area contributed by atoms with Gasteiger partial charge in [-0.3, -0.25) is 9.59 Å². The molecule has 0 radical (unpaired) electrons. The van der Waals surface area contributed by atoms with Gasteiger partial charge in [0, 0.05) is 18.9 Å². The molecule has 0 aromatic heterocycles. The van der Waals surface area contributed by atoms with E-state index >= 15 is 0 Å². The van der Waals surface area contributed by atoms with Crippen LogP contribution < -0.4 is 10.6 Å². The second-order valence-electron chi connectivity index (χ2n) is 5.17. The lowest BCUT2D eigenvalue weighted by Crippen LogP contribution is -2.32. The number of carbonyl (C=O) groups is 2. The topological polar surface area (TPSA) is 58.2 Å². The number of amides is 2.